The monoisotopic (exact) mass is 343 g/mol. The molecule has 4 nitrogen and oxygen atoms in total. The van der Waals surface area contributed by atoms with Crippen LogP contribution in [0.1, 0.15) is 36.1 Å². The van der Waals surface area contributed by atoms with Crippen molar-refractivity contribution in [3.63, 3.8) is 0 Å². The molecule has 2 aromatic rings. The zero-order valence-electron chi connectivity index (χ0n) is 14.3. The number of aryl methyl sites for hydroxylation is 1. The van der Waals surface area contributed by atoms with E-state index < -0.39 is 17.9 Å². The number of amides is 1. The Hall–Kier alpha value is -2.69. The fourth-order valence-electron chi connectivity index (χ4n) is 2.82. The van der Waals surface area contributed by atoms with Gasteiger partial charge in [-0.2, -0.15) is 0 Å². The largest absolute Gasteiger partial charge is 0.481 e. The second-order valence-corrected chi connectivity index (χ2v) is 6.25. The Labute approximate surface area is 146 Å². The van der Waals surface area contributed by atoms with Gasteiger partial charge in [0.05, 0.1) is 12.5 Å². The molecule has 0 fully saturated rings. The molecule has 0 radical (unpaired) electrons. The summed E-state index contributed by atoms with van der Waals surface area (Å²) >= 11 is 0. The van der Waals surface area contributed by atoms with E-state index in [1.54, 1.807) is 19.1 Å². The maximum Gasteiger partial charge on any atom is 0.305 e. The van der Waals surface area contributed by atoms with Gasteiger partial charge in [0, 0.05) is 5.92 Å². The number of hydrogen-bond acceptors (Lipinski definition) is 2. The quantitative estimate of drug-likeness (QED) is 0.806. The summed E-state index contributed by atoms with van der Waals surface area (Å²) in [7, 11) is 0. The minimum atomic E-state index is -0.980. The SMILES string of the molecule is Cc1ccccc1C(CC(=O)O)NC(=O)C(C)Cc1cccc(F)c1. The number of hydrogen-bond donors (Lipinski definition) is 2. The third-order valence-electron chi connectivity index (χ3n) is 4.14. The number of carbonyl (C=O) groups is 2. The first-order chi connectivity index (χ1) is 11.9. The first-order valence-electron chi connectivity index (χ1n) is 8.19. The molecule has 1 amide bonds. The molecule has 0 heterocycles. The molecule has 0 aliphatic heterocycles. The summed E-state index contributed by atoms with van der Waals surface area (Å²) in [5.41, 5.74) is 2.44. The third kappa shape index (κ3) is 5.41. The van der Waals surface area contributed by atoms with Gasteiger partial charge in [0.1, 0.15) is 5.82 Å². The van der Waals surface area contributed by atoms with Crippen molar-refractivity contribution in [1.82, 2.24) is 5.32 Å². The van der Waals surface area contributed by atoms with Crippen molar-refractivity contribution in [3.05, 3.63) is 71.0 Å². The molecule has 132 valence electrons. The number of carboxylic acid groups (broad SMARTS) is 1. The van der Waals surface area contributed by atoms with Crippen molar-refractivity contribution in [2.45, 2.75) is 32.7 Å². The van der Waals surface area contributed by atoms with Crippen LogP contribution in [0.15, 0.2) is 48.5 Å². The molecule has 0 spiro atoms. The molecule has 0 bridgehead atoms. The predicted octanol–water partition coefficient (Wildman–Crippen LogP) is 3.64. The van der Waals surface area contributed by atoms with Crippen molar-refractivity contribution >= 4 is 11.9 Å². The van der Waals surface area contributed by atoms with E-state index in [-0.39, 0.29) is 18.1 Å². The van der Waals surface area contributed by atoms with Crippen LogP contribution in [0.2, 0.25) is 0 Å². The maximum atomic E-state index is 13.3. The number of carbonyl (C=O) groups excluding carboxylic acids is 1. The van der Waals surface area contributed by atoms with E-state index in [0.717, 1.165) is 16.7 Å². The number of benzene rings is 2. The van der Waals surface area contributed by atoms with Crippen LogP contribution in [-0.4, -0.2) is 17.0 Å². The van der Waals surface area contributed by atoms with Gasteiger partial charge in [-0.15, -0.1) is 0 Å². The first kappa shape index (κ1) is 18.6. The first-order valence-corrected chi connectivity index (χ1v) is 8.19. The molecule has 0 aromatic heterocycles. The van der Waals surface area contributed by atoms with Gasteiger partial charge in [-0.1, -0.05) is 43.3 Å². The normalized spacial score (nSPS) is 13.1. The van der Waals surface area contributed by atoms with E-state index in [2.05, 4.69) is 5.32 Å². The van der Waals surface area contributed by atoms with Gasteiger partial charge in [0.15, 0.2) is 0 Å². The van der Waals surface area contributed by atoms with Crippen LogP contribution in [0.3, 0.4) is 0 Å². The van der Waals surface area contributed by atoms with Gasteiger partial charge in [0.25, 0.3) is 0 Å². The zero-order chi connectivity index (χ0) is 18.4. The van der Waals surface area contributed by atoms with E-state index in [1.165, 1.54) is 12.1 Å². The van der Waals surface area contributed by atoms with Crippen LogP contribution in [-0.2, 0) is 16.0 Å². The lowest BCUT2D eigenvalue weighted by atomic mass is 9.96. The summed E-state index contributed by atoms with van der Waals surface area (Å²) < 4.78 is 13.3. The molecule has 2 atom stereocenters. The fourth-order valence-corrected chi connectivity index (χ4v) is 2.82. The average Bonchev–Trinajstić information content (AvgIpc) is 2.54. The lowest BCUT2D eigenvalue weighted by molar-refractivity contribution is -0.137. The van der Waals surface area contributed by atoms with Crippen molar-refractivity contribution in [3.8, 4) is 0 Å². The van der Waals surface area contributed by atoms with Crippen LogP contribution in [0.25, 0.3) is 0 Å². The molecule has 0 aliphatic rings. The van der Waals surface area contributed by atoms with E-state index in [4.69, 9.17) is 5.11 Å². The summed E-state index contributed by atoms with van der Waals surface area (Å²) in [4.78, 5) is 23.7. The number of halogens is 1. The minimum absolute atomic E-state index is 0.191. The van der Waals surface area contributed by atoms with Gasteiger partial charge in [-0.05, 0) is 42.2 Å². The highest BCUT2D eigenvalue weighted by Crippen LogP contribution is 2.22. The number of carboxylic acids is 1. The predicted molar refractivity (Wildman–Crippen MR) is 93.6 cm³/mol. The molecule has 0 saturated heterocycles. The Morgan fingerprint density at radius 1 is 1.16 bits per heavy atom. The topological polar surface area (TPSA) is 66.4 Å². The maximum absolute atomic E-state index is 13.3. The third-order valence-corrected chi connectivity index (χ3v) is 4.14. The van der Waals surface area contributed by atoms with Crippen molar-refractivity contribution in [1.29, 1.82) is 0 Å². The summed E-state index contributed by atoms with van der Waals surface area (Å²) in [5, 5.41) is 12.0. The van der Waals surface area contributed by atoms with E-state index in [9.17, 15) is 14.0 Å². The van der Waals surface area contributed by atoms with Gasteiger partial charge < -0.3 is 10.4 Å². The number of nitrogens with one attached hydrogen (secondary N) is 1. The van der Waals surface area contributed by atoms with Crippen LogP contribution < -0.4 is 5.32 Å². The highest BCUT2D eigenvalue weighted by Gasteiger charge is 2.22. The van der Waals surface area contributed by atoms with Crippen molar-refractivity contribution in [2.75, 3.05) is 0 Å². The molecular weight excluding hydrogens is 321 g/mol. The molecule has 2 N–H and O–H groups in total. The molecule has 0 saturated carbocycles. The second-order valence-electron chi connectivity index (χ2n) is 6.25. The number of aliphatic carboxylic acids is 1. The Morgan fingerprint density at radius 2 is 1.88 bits per heavy atom. The standard InChI is InChI=1S/C20H22FNO3/c1-13-6-3-4-9-17(13)18(12-19(23)24)22-20(25)14(2)10-15-7-5-8-16(21)11-15/h3-9,11,14,18H,10,12H2,1-2H3,(H,22,25)(H,23,24). The van der Waals surface area contributed by atoms with Gasteiger partial charge >= 0.3 is 5.97 Å². The fraction of sp³-hybridized carbons (Fsp3) is 0.300. The summed E-state index contributed by atoms with van der Waals surface area (Å²) in [5.74, 6) is -1.97. The highest BCUT2D eigenvalue weighted by atomic mass is 19.1. The lowest BCUT2D eigenvalue weighted by Crippen LogP contribution is -2.35. The second kappa shape index (κ2) is 8.42. The lowest BCUT2D eigenvalue weighted by Gasteiger charge is -2.22. The Morgan fingerprint density at radius 3 is 2.52 bits per heavy atom. The van der Waals surface area contributed by atoms with Crippen molar-refractivity contribution < 1.29 is 19.1 Å². The average molecular weight is 343 g/mol. The molecule has 0 aliphatic carbocycles. The molecule has 25 heavy (non-hydrogen) atoms. The molecule has 2 rings (SSSR count). The van der Waals surface area contributed by atoms with Gasteiger partial charge in [-0.3, -0.25) is 9.59 Å². The van der Waals surface area contributed by atoms with E-state index >= 15 is 0 Å². The summed E-state index contributed by atoms with van der Waals surface area (Å²) in [6, 6.07) is 12.9. The smallest absolute Gasteiger partial charge is 0.305 e. The van der Waals surface area contributed by atoms with Crippen LogP contribution >= 0.6 is 0 Å². The van der Waals surface area contributed by atoms with Crippen molar-refractivity contribution in [2.24, 2.45) is 5.92 Å². The summed E-state index contributed by atoms with van der Waals surface area (Å²) in [6.45, 7) is 3.63. The molecule has 5 heteroatoms. The Kier molecular flexibility index (Phi) is 6.28. The molecule has 2 unspecified atom stereocenters. The van der Waals surface area contributed by atoms with E-state index in [0.29, 0.717) is 6.42 Å². The van der Waals surface area contributed by atoms with Gasteiger partial charge in [-0.25, -0.2) is 4.39 Å². The number of rotatable bonds is 7. The Balaban J connectivity index is 2.10. The summed E-state index contributed by atoms with van der Waals surface area (Å²) in [6.07, 6.45) is 0.195. The van der Waals surface area contributed by atoms with Crippen LogP contribution in [0, 0.1) is 18.7 Å². The Bertz CT molecular complexity index is 760. The van der Waals surface area contributed by atoms with Gasteiger partial charge in [0.2, 0.25) is 5.91 Å². The van der Waals surface area contributed by atoms with Crippen LogP contribution in [0.5, 0.6) is 0 Å². The highest BCUT2D eigenvalue weighted by molar-refractivity contribution is 5.80. The molecule has 2 aromatic carbocycles. The van der Waals surface area contributed by atoms with Crippen LogP contribution in [0.4, 0.5) is 4.39 Å². The molecular formula is C20H22FNO3. The zero-order valence-corrected chi connectivity index (χ0v) is 14.3. The minimum Gasteiger partial charge on any atom is -0.481 e. The van der Waals surface area contributed by atoms with E-state index in [1.807, 2.05) is 31.2 Å².